The van der Waals surface area contributed by atoms with Gasteiger partial charge in [0.1, 0.15) is 19.0 Å². The number of rotatable bonds is 13. The highest BCUT2D eigenvalue weighted by Gasteiger charge is 2.19. The van der Waals surface area contributed by atoms with E-state index in [1.54, 1.807) is 26.4 Å². The predicted octanol–water partition coefficient (Wildman–Crippen LogP) is 3.23. The van der Waals surface area contributed by atoms with Crippen molar-refractivity contribution in [2.24, 2.45) is 0 Å². The lowest BCUT2D eigenvalue weighted by Gasteiger charge is -2.29. The van der Waals surface area contributed by atoms with Gasteiger partial charge in [0.2, 0.25) is 0 Å². The summed E-state index contributed by atoms with van der Waals surface area (Å²) in [5.41, 5.74) is 2.98. The number of halogens is 1. The van der Waals surface area contributed by atoms with Gasteiger partial charge < -0.3 is 19.5 Å². The third-order valence-corrected chi connectivity index (χ3v) is 7.07. The van der Waals surface area contributed by atoms with Crippen LogP contribution in [0.25, 0.3) is 0 Å². The first-order chi connectivity index (χ1) is 17.2. The van der Waals surface area contributed by atoms with E-state index in [9.17, 15) is 13.2 Å². The van der Waals surface area contributed by atoms with Gasteiger partial charge in [-0.25, -0.2) is 0 Å². The number of amides is 1. The zero-order chi connectivity index (χ0) is 26.1. The minimum atomic E-state index is -3.53. The molecule has 0 spiro atoms. The number of unbranched alkanes of at least 4 members (excludes halogenated alkanes) is 1. The molecule has 0 atom stereocenters. The average Bonchev–Trinajstić information content (AvgIpc) is 2.85. The molecule has 1 N–H and O–H groups in total. The van der Waals surface area contributed by atoms with Crippen LogP contribution in [0.2, 0.25) is 0 Å². The molecule has 0 unspecified atom stereocenters. The van der Waals surface area contributed by atoms with Crippen LogP contribution in [0, 0.1) is 3.57 Å². The molecule has 0 radical (unpaired) electrons. The van der Waals surface area contributed by atoms with Gasteiger partial charge in [0.15, 0.2) is 11.5 Å². The summed E-state index contributed by atoms with van der Waals surface area (Å²) in [6.07, 6.45) is 3.76. The van der Waals surface area contributed by atoms with Crippen molar-refractivity contribution < 1.29 is 31.6 Å². The van der Waals surface area contributed by atoms with Gasteiger partial charge in [0, 0.05) is 23.2 Å². The first-order valence-corrected chi connectivity index (χ1v) is 14.6. The minimum absolute atomic E-state index is 0.0194. The lowest BCUT2D eigenvalue weighted by Crippen LogP contribution is -2.32. The first kappa shape index (κ1) is 28.5. The fourth-order valence-electron chi connectivity index (χ4n) is 4.03. The summed E-state index contributed by atoms with van der Waals surface area (Å²) in [6.45, 7) is 3.26. The molecule has 1 amide bonds. The second-order valence-corrected chi connectivity index (χ2v) is 11.4. The standard InChI is InChI=1S/C25H33IN2O7S/c1-32-23-14-18-8-11-28(17-19(18)15-24(23)33-2)10-5-4-9-27-25(29)21-16-20(26)6-7-22(21)34-12-13-35-36(3,30)31/h6-7,14-16H,4-5,8-13,17H2,1-3H3,(H,27,29). The summed E-state index contributed by atoms with van der Waals surface area (Å²) in [5.74, 6) is 1.69. The summed E-state index contributed by atoms with van der Waals surface area (Å²) in [4.78, 5) is 15.2. The van der Waals surface area contributed by atoms with Crippen molar-refractivity contribution in [3.05, 3.63) is 50.6 Å². The maximum atomic E-state index is 12.8. The molecule has 36 heavy (non-hydrogen) atoms. The van der Waals surface area contributed by atoms with E-state index in [0.717, 1.165) is 60.2 Å². The zero-order valence-corrected chi connectivity index (χ0v) is 23.8. The Balaban J connectivity index is 1.44. The van der Waals surface area contributed by atoms with E-state index in [2.05, 4.69) is 49.1 Å². The predicted molar refractivity (Wildman–Crippen MR) is 146 cm³/mol. The number of nitrogens with one attached hydrogen (secondary N) is 1. The molecule has 0 aromatic heterocycles. The van der Waals surface area contributed by atoms with Crippen LogP contribution in [0.4, 0.5) is 0 Å². The highest BCUT2D eigenvalue weighted by atomic mass is 127. The Kier molecular flexibility index (Phi) is 10.6. The average molecular weight is 633 g/mol. The summed E-state index contributed by atoms with van der Waals surface area (Å²) in [5, 5.41) is 2.96. The topological polar surface area (TPSA) is 103 Å². The van der Waals surface area contributed by atoms with Gasteiger partial charge in [-0.3, -0.25) is 13.9 Å². The molecule has 1 heterocycles. The van der Waals surface area contributed by atoms with Crippen LogP contribution < -0.4 is 19.5 Å². The van der Waals surface area contributed by atoms with E-state index in [1.807, 2.05) is 6.07 Å². The molecule has 2 aromatic rings. The summed E-state index contributed by atoms with van der Waals surface area (Å²) in [6, 6.07) is 9.41. The Morgan fingerprint density at radius 2 is 1.75 bits per heavy atom. The van der Waals surface area contributed by atoms with E-state index >= 15 is 0 Å². The van der Waals surface area contributed by atoms with E-state index in [1.165, 1.54) is 11.1 Å². The minimum Gasteiger partial charge on any atom is -0.493 e. The molecule has 2 aromatic carbocycles. The molecule has 0 bridgehead atoms. The Morgan fingerprint density at radius 3 is 2.44 bits per heavy atom. The molecule has 198 valence electrons. The van der Waals surface area contributed by atoms with Crippen LogP contribution in [0.3, 0.4) is 0 Å². The molecule has 1 aliphatic heterocycles. The Hall–Kier alpha value is -2.09. The third-order valence-electron chi connectivity index (χ3n) is 5.81. The van der Waals surface area contributed by atoms with Crippen molar-refractivity contribution in [3.8, 4) is 17.2 Å². The van der Waals surface area contributed by atoms with Crippen molar-refractivity contribution in [1.29, 1.82) is 0 Å². The second-order valence-electron chi connectivity index (χ2n) is 8.48. The van der Waals surface area contributed by atoms with E-state index in [-0.39, 0.29) is 19.1 Å². The van der Waals surface area contributed by atoms with Crippen molar-refractivity contribution in [2.75, 3.05) is 53.3 Å². The van der Waals surface area contributed by atoms with Gasteiger partial charge in [0.05, 0.1) is 26.0 Å². The van der Waals surface area contributed by atoms with Crippen molar-refractivity contribution >= 4 is 38.6 Å². The van der Waals surface area contributed by atoms with Crippen LogP contribution in [0.5, 0.6) is 17.2 Å². The van der Waals surface area contributed by atoms with Crippen molar-refractivity contribution in [2.45, 2.75) is 25.8 Å². The molecule has 0 fully saturated rings. The van der Waals surface area contributed by atoms with Crippen LogP contribution in [0.15, 0.2) is 30.3 Å². The van der Waals surface area contributed by atoms with E-state index in [4.69, 9.17) is 14.2 Å². The number of carbonyl (C=O) groups excluding carboxylic acids is 1. The molecular formula is C25H33IN2O7S. The van der Waals surface area contributed by atoms with Gasteiger partial charge in [-0.2, -0.15) is 8.42 Å². The maximum absolute atomic E-state index is 12.8. The molecule has 0 saturated heterocycles. The molecule has 0 aliphatic carbocycles. The van der Waals surface area contributed by atoms with Gasteiger partial charge in [-0.1, -0.05) is 0 Å². The number of hydrogen-bond acceptors (Lipinski definition) is 8. The van der Waals surface area contributed by atoms with Gasteiger partial charge in [-0.05, 0) is 89.9 Å². The molecule has 1 aliphatic rings. The van der Waals surface area contributed by atoms with Crippen molar-refractivity contribution in [1.82, 2.24) is 10.2 Å². The van der Waals surface area contributed by atoms with Crippen LogP contribution in [-0.4, -0.2) is 72.5 Å². The quantitative estimate of drug-likeness (QED) is 0.204. The van der Waals surface area contributed by atoms with Gasteiger partial charge in [-0.15, -0.1) is 0 Å². The number of carbonyl (C=O) groups is 1. The number of nitrogens with zero attached hydrogens (tertiary/aromatic N) is 1. The molecule has 9 nitrogen and oxygen atoms in total. The van der Waals surface area contributed by atoms with Gasteiger partial charge in [0.25, 0.3) is 16.0 Å². The lowest BCUT2D eigenvalue weighted by molar-refractivity contribution is 0.0947. The van der Waals surface area contributed by atoms with Crippen molar-refractivity contribution in [3.63, 3.8) is 0 Å². The monoisotopic (exact) mass is 632 g/mol. The summed E-state index contributed by atoms with van der Waals surface area (Å²) in [7, 11) is -0.228. The molecule has 0 saturated carbocycles. The highest BCUT2D eigenvalue weighted by Crippen LogP contribution is 2.33. The van der Waals surface area contributed by atoms with Crippen LogP contribution >= 0.6 is 22.6 Å². The van der Waals surface area contributed by atoms with Crippen LogP contribution in [-0.2, 0) is 27.3 Å². The Morgan fingerprint density at radius 1 is 1.03 bits per heavy atom. The first-order valence-electron chi connectivity index (χ1n) is 11.7. The maximum Gasteiger partial charge on any atom is 0.264 e. The summed E-state index contributed by atoms with van der Waals surface area (Å²) < 4.78 is 44.2. The van der Waals surface area contributed by atoms with E-state index in [0.29, 0.717) is 17.9 Å². The zero-order valence-electron chi connectivity index (χ0n) is 20.8. The highest BCUT2D eigenvalue weighted by molar-refractivity contribution is 14.1. The Bertz CT molecular complexity index is 1160. The second kappa shape index (κ2) is 13.5. The molecule has 3 rings (SSSR count). The van der Waals surface area contributed by atoms with Crippen LogP contribution in [0.1, 0.15) is 34.3 Å². The molecular weight excluding hydrogens is 599 g/mol. The summed E-state index contributed by atoms with van der Waals surface area (Å²) >= 11 is 2.14. The largest absolute Gasteiger partial charge is 0.493 e. The lowest BCUT2D eigenvalue weighted by atomic mass is 9.98. The fraction of sp³-hybridized carbons (Fsp3) is 0.480. The normalized spacial score (nSPS) is 13.7. The molecule has 11 heteroatoms. The van der Waals surface area contributed by atoms with E-state index < -0.39 is 10.1 Å². The Labute approximate surface area is 226 Å². The number of fused-ring (bicyclic) bond motifs is 1. The number of ether oxygens (including phenoxy) is 3. The third kappa shape index (κ3) is 8.49. The fourth-order valence-corrected chi connectivity index (χ4v) is 4.89. The SMILES string of the molecule is COc1cc2c(cc1OC)CN(CCCCNC(=O)c1cc(I)ccc1OCCOS(C)(=O)=O)CC2. The van der Waals surface area contributed by atoms with Gasteiger partial charge >= 0.3 is 0 Å². The smallest absolute Gasteiger partial charge is 0.264 e. The number of hydrogen-bond donors (Lipinski definition) is 1. The number of methoxy groups -OCH3 is 2. The number of benzene rings is 2.